The van der Waals surface area contributed by atoms with Crippen molar-refractivity contribution in [3.05, 3.63) is 55.0 Å². The molecule has 0 fully saturated rings. The van der Waals surface area contributed by atoms with Gasteiger partial charge in [0.2, 0.25) is 0 Å². The Labute approximate surface area is 97.5 Å². The van der Waals surface area contributed by atoms with Crippen molar-refractivity contribution < 1.29 is 0 Å². The lowest BCUT2D eigenvalue weighted by Crippen LogP contribution is -2.14. The van der Waals surface area contributed by atoms with Gasteiger partial charge in [-0.15, -0.1) is 0 Å². The fraction of sp³-hybridized carbons (Fsp3) is 0.267. The maximum atomic E-state index is 3.83. The highest BCUT2D eigenvalue weighted by Gasteiger charge is 1.95. The third-order valence-electron chi connectivity index (χ3n) is 2.75. The van der Waals surface area contributed by atoms with Crippen LogP contribution < -0.4 is 5.32 Å². The van der Waals surface area contributed by atoms with Gasteiger partial charge in [-0.2, -0.15) is 0 Å². The van der Waals surface area contributed by atoms with Crippen molar-refractivity contribution >= 4 is 10.8 Å². The van der Waals surface area contributed by atoms with E-state index in [9.17, 15) is 0 Å². The third-order valence-corrected chi connectivity index (χ3v) is 2.75. The molecular weight excluding hydrogens is 194 g/mol. The molecule has 1 heteroatoms. The standard InChI is InChI=1S/C15H18N/c1-2-3-10-16-12-13-8-9-14-6-4-5-7-15(14)11-13/h4-9,11,16H,1-3,10,12H2. The van der Waals surface area contributed by atoms with Crippen LogP contribution >= 0.6 is 0 Å². The fourth-order valence-corrected chi connectivity index (χ4v) is 1.83. The minimum Gasteiger partial charge on any atom is -0.313 e. The Balaban J connectivity index is 2.02. The maximum Gasteiger partial charge on any atom is 0.0205 e. The number of hydrogen-bond donors (Lipinski definition) is 1. The zero-order chi connectivity index (χ0) is 11.2. The second-order valence-electron chi connectivity index (χ2n) is 4.07. The van der Waals surface area contributed by atoms with E-state index in [0.717, 1.165) is 25.9 Å². The predicted molar refractivity (Wildman–Crippen MR) is 70.2 cm³/mol. The molecule has 0 heterocycles. The zero-order valence-electron chi connectivity index (χ0n) is 9.58. The molecule has 0 spiro atoms. The van der Waals surface area contributed by atoms with Crippen LogP contribution in [0.2, 0.25) is 0 Å². The van der Waals surface area contributed by atoms with E-state index >= 15 is 0 Å². The molecule has 0 aliphatic rings. The molecule has 2 aromatic rings. The largest absolute Gasteiger partial charge is 0.313 e. The van der Waals surface area contributed by atoms with Gasteiger partial charge in [-0.1, -0.05) is 49.7 Å². The number of nitrogens with one attached hydrogen (secondary N) is 1. The minimum absolute atomic E-state index is 0.949. The first-order chi connectivity index (χ1) is 7.90. The van der Waals surface area contributed by atoms with Gasteiger partial charge in [0.15, 0.2) is 0 Å². The average molecular weight is 212 g/mol. The van der Waals surface area contributed by atoms with Crippen LogP contribution in [0, 0.1) is 6.92 Å². The highest BCUT2D eigenvalue weighted by molar-refractivity contribution is 5.82. The summed E-state index contributed by atoms with van der Waals surface area (Å²) < 4.78 is 0. The van der Waals surface area contributed by atoms with E-state index in [1.54, 1.807) is 0 Å². The number of benzene rings is 2. The quantitative estimate of drug-likeness (QED) is 0.747. The first-order valence-electron chi connectivity index (χ1n) is 5.88. The Bertz CT molecular complexity index is 448. The topological polar surface area (TPSA) is 12.0 Å². The summed E-state index contributed by atoms with van der Waals surface area (Å²) in [7, 11) is 0. The van der Waals surface area contributed by atoms with Crippen LogP contribution in [0.3, 0.4) is 0 Å². The van der Waals surface area contributed by atoms with Crippen molar-refractivity contribution in [3.8, 4) is 0 Å². The SMILES string of the molecule is [CH2]CCCNCc1ccc2ccccc2c1. The predicted octanol–water partition coefficient (Wildman–Crippen LogP) is 3.54. The van der Waals surface area contributed by atoms with Crippen LogP contribution in [0.1, 0.15) is 18.4 Å². The monoisotopic (exact) mass is 212 g/mol. The van der Waals surface area contributed by atoms with Gasteiger partial charge in [0, 0.05) is 6.54 Å². The van der Waals surface area contributed by atoms with Crippen molar-refractivity contribution in [1.82, 2.24) is 5.32 Å². The van der Waals surface area contributed by atoms with Crippen molar-refractivity contribution in [2.75, 3.05) is 6.54 Å². The van der Waals surface area contributed by atoms with E-state index in [0.29, 0.717) is 0 Å². The molecular formula is C15H18N. The van der Waals surface area contributed by atoms with Gasteiger partial charge in [-0.25, -0.2) is 0 Å². The first kappa shape index (κ1) is 11.2. The molecule has 0 unspecified atom stereocenters. The van der Waals surface area contributed by atoms with Crippen LogP contribution in [-0.4, -0.2) is 6.54 Å². The Hall–Kier alpha value is -1.34. The molecule has 0 amide bonds. The van der Waals surface area contributed by atoms with E-state index in [4.69, 9.17) is 0 Å². The molecule has 83 valence electrons. The van der Waals surface area contributed by atoms with Gasteiger partial charge >= 0.3 is 0 Å². The fourth-order valence-electron chi connectivity index (χ4n) is 1.83. The van der Waals surface area contributed by atoms with E-state index in [1.165, 1.54) is 16.3 Å². The van der Waals surface area contributed by atoms with Crippen molar-refractivity contribution in [2.45, 2.75) is 19.4 Å². The summed E-state index contributed by atoms with van der Waals surface area (Å²) in [5, 5.41) is 6.06. The van der Waals surface area contributed by atoms with E-state index in [1.807, 2.05) is 0 Å². The third kappa shape index (κ3) is 2.83. The summed E-state index contributed by atoms with van der Waals surface area (Å²) in [5.41, 5.74) is 1.35. The zero-order valence-corrected chi connectivity index (χ0v) is 9.58. The molecule has 2 rings (SSSR count). The second-order valence-corrected chi connectivity index (χ2v) is 4.07. The summed E-state index contributed by atoms with van der Waals surface area (Å²) in [4.78, 5) is 0. The number of fused-ring (bicyclic) bond motifs is 1. The molecule has 1 radical (unpaired) electrons. The van der Waals surface area contributed by atoms with Gasteiger partial charge in [-0.05, 0) is 35.4 Å². The van der Waals surface area contributed by atoms with Gasteiger partial charge in [0.25, 0.3) is 0 Å². The summed E-state index contributed by atoms with van der Waals surface area (Å²) in [6.07, 6.45) is 2.15. The summed E-state index contributed by atoms with van der Waals surface area (Å²) in [6, 6.07) is 15.1. The lowest BCUT2D eigenvalue weighted by Gasteiger charge is -2.05. The van der Waals surface area contributed by atoms with Crippen molar-refractivity contribution in [3.63, 3.8) is 0 Å². The lowest BCUT2D eigenvalue weighted by atomic mass is 10.1. The average Bonchev–Trinajstić information content (AvgIpc) is 2.34. The molecule has 1 N–H and O–H groups in total. The van der Waals surface area contributed by atoms with E-state index < -0.39 is 0 Å². The number of rotatable bonds is 5. The first-order valence-corrected chi connectivity index (χ1v) is 5.88. The Morgan fingerprint density at radius 1 is 1.00 bits per heavy atom. The van der Waals surface area contributed by atoms with Crippen LogP contribution in [-0.2, 0) is 6.54 Å². The Morgan fingerprint density at radius 2 is 1.81 bits per heavy atom. The molecule has 16 heavy (non-hydrogen) atoms. The smallest absolute Gasteiger partial charge is 0.0205 e. The molecule has 1 nitrogen and oxygen atoms in total. The number of unbranched alkanes of at least 4 members (excludes halogenated alkanes) is 1. The van der Waals surface area contributed by atoms with Gasteiger partial charge in [-0.3, -0.25) is 0 Å². The van der Waals surface area contributed by atoms with E-state index in [2.05, 4.69) is 54.7 Å². The molecule has 0 aliphatic heterocycles. The molecule has 2 aromatic carbocycles. The van der Waals surface area contributed by atoms with Crippen LogP contribution in [0.4, 0.5) is 0 Å². The van der Waals surface area contributed by atoms with Gasteiger partial charge < -0.3 is 5.32 Å². The summed E-state index contributed by atoms with van der Waals surface area (Å²) in [6.45, 7) is 5.83. The summed E-state index contributed by atoms with van der Waals surface area (Å²) in [5.74, 6) is 0. The molecule has 0 aromatic heterocycles. The highest BCUT2D eigenvalue weighted by atomic mass is 14.8. The van der Waals surface area contributed by atoms with E-state index in [-0.39, 0.29) is 0 Å². The molecule has 0 saturated carbocycles. The maximum absolute atomic E-state index is 3.83. The molecule has 0 bridgehead atoms. The Morgan fingerprint density at radius 3 is 2.62 bits per heavy atom. The molecule has 0 aliphatic carbocycles. The van der Waals surface area contributed by atoms with Gasteiger partial charge in [0.1, 0.15) is 0 Å². The van der Waals surface area contributed by atoms with Crippen LogP contribution in [0.25, 0.3) is 10.8 Å². The van der Waals surface area contributed by atoms with Gasteiger partial charge in [0.05, 0.1) is 0 Å². The minimum atomic E-state index is 0.949. The Kier molecular flexibility index (Phi) is 3.95. The molecule has 0 saturated heterocycles. The second kappa shape index (κ2) is 5.66. The number of hydrogen-bond acceptors (Lipinski definition) is 1. The van der Waals surface area contributed by atoms with Crippen LogP contribution in [0.15, 0.2) is 42.5 Å². The lowest BCUT2D eigenvalue weighted by molar-refractivity contribution is 0.655. The summed E-state index contributed by atoms with van der Waals surface area (Å²) >= 11 is 0. The molecule has 0 atom stereocenters. The van der Waals surface area contributed by atoms with Crippen molar-refractivity contribution in [1.29, 1.82) is 0 Å². The van der Waals surface area contributed by atoms with Crippen molar-refractivity contribution in [2.24, 2.45) is 0 Å². The van der Waals surface area contributed by atoms with Crippen LogP contribution in [0.5, 0.6) is 0 Å². The normalized spacial score (nSPS) is 10.8. The highest BCUT2D eigenvalue weighted by Crippen LogP contribution is 2.15.